The van der Waals surface area contributed by atoms with Crippen LogP contribution in [0.2, 0.25) is 0 Å². The van der Waals surface area contributed by atoms with E-state index in [2.05, 4.69) is 18.3 Å². The Bertz CT molecular complexity index is 393. The smallest absolute Gasteiger partial charge is 0.161 e. The summed E-state index contributed by atoms with van der Waals surface area (Å²) in [6.07, 6.45) is 0.914. The Balaban J connectivity index is 2.33. The molecule has 4 heteroatoms. The van der Waals surface area contributed by atoms with Gasteiger partial charge in [0.05, 0.1) is 0 Å². The molecular weight excluding hydrogens is 216 g/mol. The highest BCUT2D eigenvalue weighted by atomic mass is 16.6. The molecule has 1 aromatic carbocycles. The van der Waals surface area contributed by atoms with E-state index in [9.17, 15) is 0 Å². The summed E-state index contributed by atoms with van der Waals surface area (Å²) in [5, 5.41) is 3.29. The standard InChI is InChI=1S/C13H20N2O2/c1-9-7-12-13(17-6-5-16-12)8-10(9)11(15-2)3-4-14/h7-8,11,15H,3-6,14H2,1-2H3. The van der Waals surface area contributed by atoms with Crippen LogP contribution in [-0.2, 0) is 0 Å². The third-order valence-electron chi connectivity index (χ3n) is 3.11. The molecule has 0 spiro atoms. The lowest BCUT2D eigenvalue weighted by Gasteiger charge is -2.23. The van der Waals surface area contributed by atoms with Gasteiger partial charge in [0.2, 0.25) is 0 Å². The Labute approximate surface area is 102 Å². The maximum Gasteiger partial charge on any atom is 0.161 e. The van der Waals surface area contributed by atoms with E-state index in [-0.39, 0.29) is 6.04 Å². The minimum Gasteiger partial charge on any atom is -0.486 e. The van der Waals surface area contributed by atoms with Crippen molar-refractivity contribution in [1.82, 2.24) is 5.32 Å². The Morgan fingerprint density at radius 2 is 1.94 bits per heavy atom. The quantitative estimate of drug-likeness (QED) is 0.829. The summed E-state index contributed by atoms with van der Waals surface area (Å²) >= 11 is 0. The monoisotopic (exact) mass is 236 g/mol. The van der Waals surface area contributed by atoms with Gasteiger partial charge in [-0.05, 0) is 50.2 Å². The van der Waals surface area contributed by atoms with Crippen molar-refractivity contribution >= 4 is 0 Å². The van der Waals surface area contributed by atoms with Gasteiger partial charge in [0.25, 0.3) is 0 Å². The molecular formula is C13H20N2O2. The van der Waals surface area contributed by atoms with Crippen molar-refractivity contribution in [2.24, 2.45) is 5.73 Å². The summed E-state index contributed by atoms with van der Waals surface area (Å²) in [7, 11) is 1.95. The number of fused-ring (bicyclic) bond motifs is 1. The van der Waals surface area contributed by atoms with Crippen molar-refractivity contribution in [3.8, 4) is 11.5 Å². The van der Waals surface area contributed by atoms with Crippen molar-refractivity contribution in [2.75, 3.05) is 26.8 Å². The number of nitrogens with two attached hydrogens (primary N) is 1. The molecule has 0 amide bonds. The van der Waals surface area contributed by atoms with Crippen molar-refractivity contribution in [3.05, 3.63) is 23.3 Å². The number of hydrogen-bond acceptors (Lipinski definition) is 4. The Kier molecular flexibility index (Phi) is 3.86. The molecule has 0 bridgehead atoms. The molecule has 4 nitrogen and oxygen atoms in total. The van der Waals surface area contributed by atoms with Crippen LogP contribution in [0.4, 0.5) is 0 Å². The molecule has 0 aliphatic carbocycles. The first-order valence-corrected chi connectivity index (χ1v) is 6.03. The minimum absolute atomic E-state index is 0.274. The van der Waals surface area contributed by atoms with E-state index >= 15 is 0 Å². The minimum atomic E-state index is 0.274. The molecule has 94 valence electrons. The van der Waals surface area contributed by atoms with E-state index in [1.165, 1.54) is 11.1 Å². The van der Waals surface area contributed by atoms with Gasteiger partial charge in [0.1, 0.15) is 13.2 Å². The molecule has 0 saturated heterocycles. The predicted molar refractivity (Wildman–Crippen MR) is 67.6 cm³/mol. The van der Waals surface area contributed by atoms with Gasteiger partial charge in [-0.25, -0.2) is 0 Å². The van der Waals surface area contributed by atoms with E-state index < -0.39 is 0 Å². The Morgan fingerprint density at radius 1 is 1.29 bits per heavy atom. The van der Waals surface area contributed by atoms with Gasteiger partial charge >= 0.3 is 0 Å². The second kappa shape index (κ2) is 5.38. The average Bonchev–Trinajstić information content (AvgIpc) is 2.35. The highest BCUT2D eigenvalue weighted by Crippen LogP contribution is 2.35. The van der Waals surface area contributed by atoms with E-state index in [0.29, 0.717) is 19.8 Å². The Hall–Kier alpha value is -1.26. The highest BCUT2D eigenvalue weighted by molar-refractivity contribution is 5.48. The normalized spacial score (nSPS) is 15.7. The van der Waals surface area contributed by atoms with Gasteiger partial charge in [-0.2, -0.15) is 0 Å². The number of rotatable bonds is 4. The van der Waals surface area contributed by atoms with Gasteiger partial charge in [-0.15, -0.1) is 0 Å². The SMILES string of the molecule is CNC(CCN)c1cc2c(cc1C)OCCO2. The molecule has 0 saturated carbocycles. The first kappa shape index (κ1) is 12.2. The van der Waals surface area contributed by atoms with Crippen LogP contribution in [0.3, 0.4) is 0 Å². The number of benzene rings is 1. The summed E-state index contributed by atoms with van der Waals surface area (Å²) in [6.45, 7) is 4.01. The number of aryl methyl sites for hydroxylation is 1. The summed E-state index contributed by atoms with van der Waals surface area (Å²) in [5.74, 6) is 1.69. The molecule has 17 heavy (non-hydrogen) atoms. The van der Waals surface area contributed by atoms with Crippen LogP contribution in [0.5, 0.6) is 11.5 Å². The van der Waals surface area contributed by atoms with Crippen LogP contribution in [0.25, 0.3) is 0 Å². The molecule has 3 N–H and O–H groups in total. The second-order valence-corrected chi connectivity index (χ2v) is 4.27. The van der Waals surface area contributed by atoms with Gasteiger partial charge < -0.3 is 20.5 Å². The third-order valence-corrected chi connectivity index (χ3v) is 3.11. The molecule has 1 aliphatic rings. The van der Waals surface area contributed by atoms with Crippen molar-refractivity contribution in [3.63, 3.8) is 0 Å². The fourth-order valence-corrected chi connectivity index (χ4v) is 2.20. The van der Waals surface area contributed by atoms with Crippen LogP contribution >= 0.6 is 0 Å². The number of nitrogens with one attached hydrogen (secondary N) is 1. The van der Waals surface area contributed by atoms with E-state index in [1.807, 2.05) is 13.1 Å². The first-order chi connectivity index (χ1) is 8.26. The number of hydrogen-bond donors (Lipinski definition) is 2. The lowest BCUT2D eigenvalue weighted by molar-refractivity contribution is 0.171. The zero-order valence-corrected chi connectivity index (χ0v) is 10.5. The molecule has 0 aromatic heterocycles. The van der Waals surface area contributed by atoms with Gasteiger partial charge in [0.15, 0.2) is 11.5 Å². The van der Waals surface area contributed by atoms with Crippen LogP contribution < -0.4 is 20.5 Å². The predicted octanol–water partition coefficient (Wildman–Crippen LogP) is 1.38. The summed E-state index contributed by atoms with van der Waals surface area (Å²) in [6, 6.07) is 4.39. The van der Waals surface area contributed by atoms with E-state index in [4.69, 9.17) is 15.2 Å². The van der Waals surface area contributed by atoms with E-state index in [0.717, 1.165) is 17.9 Å². The molecule has 1 aromatic rings. The summed E-state index contributed by atoms with van der Waals surface area (Å²) in [5.41, 5.74) is 8.08. The zero-order chi connectivity index (χ0) is 12.3. The zero-order valence-electron chi connectivity index (χ0n) is 10.5. The fourth-order valence-electron chi connectivity index (χ4n) is 2.20. The first-order valence-electron chi connectivity index (χ1n) is 6.03. The molecule has 2 rings (SSSR count). The molecule has 1 aliphatic heterocycles. The summed E-state index contributed by atoms with van der Waals surface area (Å²) in [4.78, 5) is 0. The van der Waals surface area contributed by atoms with Gasteiger partial charge in [0, 0.05) is 6.04 Å². The lowest BCUT2D eigenvalue weighted by atomic mass is 9.98. The second-order valence-electron chi connectivity index (χ2n) is 4.27. The van der Waals surface area contributed by atoms with Gasteiger partial charge in [-0.3, -0.25) is 0 Å². The van der Waals surface area contributed by atoms with Crippen LogP contribution in [0, 0.1) is 6.92 Å². The average molecular weight is 236 g/mol. The van der Waals surface area contributed by atoms with Crippen LogP contribution in [-0.4, -0.2) is 26.8 Å². The third kappa shape index (κ3) is 2.53. The maximum atomic E-state index is 5.63. The fraction of sp³-hybridized carbons (Fsp3) is 0.538. The van der Waals surface area contributed by atoms with Crippen molar-refractivity contribution in [1.29, 1.82) is 0 Å². The van der Waals surface area contributed by atoms with Crippen LogP contribution in [0.15, 0.2) is 12.1 Å². The molecule has 1 heterocycles. The summed E-state index contributed by atoms with van der Waals surface area (Å²) < 4.78 is 11.2. The van der Waals surface area contributed by atoms with Crippen molar-refractivity contribution in [2.45, 2.75) is 19.4 Å². The topological polar surface area (TPSA) is 56.5 Å². The molecule has 1 unspecified atom stereocenters. The molecule has 0 fully saturated rings. The van der Waals surface area contributed by atoms with Crippen LogP contribution in [0.1, 0.15) is 23.6 Å². The highest BCUT2D eigenvalue weighted by Gasteiger charge is 2.18. The van der Waals surface area contributed by atoms with Crippen molar-refractivity contribution < 1.29 is 9.47 Å². The number of ether oxygens (including phenoxy) is 2. The maximum absolute atomic E-state index is 5.63. The van der Waals surface area contributed by atoms with E-state index in [1.54, 1.807) is 0 Å². The Morgan fingerprint density at radius 3 is 2.53 bits per heavy atom. The molecule has 0 radical (unpaired) electrons. The lowest BCUT2D eigenvalue weighted by Crippen LogP contribution is -2.22. The van der Waals surface area contributed by atoms with Gasteiger partial charge in [-0.1, -0.05) is 0 Å². The largest absolute Gasteiger partial charge is 0.486 e. The molecule has 1 atom stereocenters.